The average Bonchev–Trinajstić information content (AvgIpc) is 2.53. The molecule has 0 fully saturated rings. The van der Waals surface area contributed by atoms with Crippen molar-refractivity contribution in [2.75, 3.05) is 25.6 Å². The van der Waals surface area contributed by atoms with Crippen LogP contribution >= 0.6 is 0 Å². The highest BCUT2D eigenvalue weighted by Gasteiger charge is 2.05. The second-order valence-electron chi connectivity index (χ2n) is 4.31. The predicted molar refractivity (Wildman–Crippen MR) is 80.3 cm³/mol. The first-order valence-corrected chi connectivity index (χ1v) is 6.98. The molecular weight excluding hydrogens is 268 g/mol. The maximum atomic E-state index is 5.69. The molecule has 2 heterocycles. The molecule has 6 heteroatoms. The van der Waals surface area contributed by atoms with Crippen molar-refractivity contribution in [3.8, 4) is 5.88 Å². The molecule has 0 spiro atoms. The van der Waals surface area contributed by atoms with Gasteiger partial charge in [0.1, 0.15) is 12.4 Å². The topological polar surface area (TPSA) is 69.2 Å². The average molecular weight is 288 g/mol. The summed E-state index contributed by atoms with van der Waals surface area (Å²) in [6, 6.07) is 7.61. The van der Waals surface area contributed by atoms with Crippen LogP contribution in [0, 0.1) is 0 Å². The molecule has 0 amide bonds. The van der Waals surface area contributed by atoms with Gasteiger partial charge in [0.05, 0.1) is 6.61 Å². The lowest BCUT2D eigenvalue weighted by molar-refractivity contribution is 0.127. The summed E-state index contributed by atoms with van der Waals surface area (Å²) in [5.74, 6) is 1.86. The number of nitrogens with zero attached hydrogens (tertiary/aromatic N) is 3. The van der Waals surface area contributed by atoms with Gasteiger partial charge in [0.2, 0.25) is 5.88 Å². The van der Waals surface area contributed by atoms with E-state index in [1.807, 2.05) is 32.2 Å². The minimum Gasteiger partial charge on any atom is -0.477 e. The fourth-order valence-electron chi connectivity index (χ4n) is 1.74. The van der Waals surface area contributed by atoms with E-state index in [0.717, 1.165) is 12.1 Å². The summed E-state index contributed by atoms with van der Waals surface area (Å²) in [6.07, 6.45) is 2.51. The molecule has 0 bridgehead atoms. The third-order valence-corrected chi connectivity index (χ3v) is 2.77. The number of pyridine rings is 1. The Morgan fingerprint density at radius 2 is 2.14 bits per heavy atom. The molecule has 21 heavy (non-hydrogen) atoms. The Balaban J connectivity index is 1.95. The second-order valence-corrected chi connectivity index (χ2v) is 4.31. The van der Waals surface area contributed by atoms with Gasteiger partial charge in [-0.3, -0.25) is 4.98 Å². The molecular formula is C15H20N4O2. The van der Waals surface area contributed by atoms with Gasteiger partial charge < -0.3 is 14.8 Å². The van der Waals surface area contributed by atoms with Gasteiger partial charge in [-0.2, -0.15) is 4.98 Å². The van der Waals surface area contributed by atoms with Gasteiger partial charge >= 0.3 is 0 Å². The predicted octanol–water partition coefficient (Wildman–Crippen LogP) is 2.07. The Hall–Kier alpha value is -2.21. The summed E-state index contributed by atoms with van der Waals surface area (Å²) in [7, 11) is 1.81. The molecule has 0 aliphatic heterocycles. The third kappa shape index (κ3) is 5.00. The maximum Gasteiger partial charge on any atom is 0.218 e. The first-order valence-electron chi connectivity index (χ1n) is 6.98. The molecule has 6 nitrogen and oxygen atoms in total. The molecule has 0 aliphatic rings. The molecule has 0 aromatic carbocycles. The number of hydrogen-bond acceptors (Lipinski definition) is 6. The van der Waals surface area contributed by atoms with Gasteiger partial charge in [0, 0.05) is 38.0 Å². The summed E-state index contributed by atoms with van der Waals surface area (Å²) in [5.41, 5.74) is 0.995. The Labute approximate surface area is 124 Å². The lowest BCUT2D eigenvalue weighted by atomic mass is 10.3. The smallest absolute Gasteiger partial charge is 0.218 e. The lowest BCUT2D eigenvalue weighted by Crippen LogP contribution is -2.08. The lowest BCUT2D eigenvalue weighted by Gasteiger charge is -2.09. The van der Waals surface area contributed by atoms with Crippen LogP contribution in [0.3, 0.4) is 0 Å². The summed E-state index contributed by atoms with van der Waals surface area (Å²) in [6.45, 7) is 3.46. The van der Waals surface area contributed by atoms with Crippen LogP contribution < -0.4 is 10.1 Å². The zero-order chi connectivity index (χ0) is 14.9. The minimum atomic E-state index is 0.378. The van der Waals surface area contributed by atoms with Crippen LogP contribution in [0.5, 0.6) is 5.88 Å². The van der Waals surface area contributed by atoms with Crippen LogP contribution in [0.4, 0.5) is 5.82 Å². The van der Waals surface area contributed by atoms with Gasteiger partial charge in [0.25, 0.3) is 0 Å². The van der Waals surface area contributed by atoms with Crippen LogP contribution in [0.2, 0.25) is 0 Å². The Kier molecular flexibility index (Phi) is 5.90. The molecule has 0 saturated carbocycles. The summed E-state index contributed by atoms with van der Waals surface area (Å²) in [4.78, 5) is 12.9. The highest BCUT2D eigenvalue weighted by Crippen LogP contribution is 2.14. The van der Waals surface area contributed by atoms with E-state index in [9.17, 15) is 0 Å². The molecule has 1 N–H and O–H groups in total. The largest absolute Gasteiger partial charge is 0.477 e. The zero-order valence-electron chi connectivity index (χ0n) is 12.4. The van der Waals surface area contributed by atoms with Crippen LogP contribution in [0.15, 0.2) is 30.5 Å². The van der Waals surface area contributed by atoms with Crippen molar-refractivity contribution in [2.24, 2.45) is 0 Å². The maximum absolute atomic E-state index is 5.69. The first-order chi connectivity index (χ1) is 10.3. The van der Waals surface area contributed by atoms with Crippen molar-refractivity contribution in [2.45, 2.75) is 20.0 Å². The van der Waals surface area contributed by atoms with Gasteiger partial charge in [-0.1, -0.05) is 6.07 Å². The van der Waals surface area contributed by atoms with Gasteiger partial charge in [-0.15, -0.1) is 0 Å². The number of aromatic nitrogens is 3. The Bertz CT molecular complexity index is 549. The van der Waals surface area contributed by atoms with E-state index in [4.69, 9.17) is 9.47 Å². The quantitative estimate of drug-likeness (QED) is 0.802. The number of rotatable bonds is 8. The second kappa shape index (κ2) is 8.16. The number of ether oxygens (including phenoxy) is 2. The SMILES string of the molecule is CCOCc1nc(NC)cc(OCCc2ccccn2)n1. The van der Waals surface area contributed by atoms with Crippen molar-refractivity contribution in [1.29, 1.82) is 0 Å². The van der Waals surface area contributed by atoms with Crippen molar-refractivity contribution >= 4 is 5.82 Å². The van der Waals surface area contributed by atoms with Crippen molar-refractivity contribution in [3.63, 3.8) is 0 Å². The van der Waals surface area contributed by atoms with Gasteiger partial charge in [-0.25, -0.2) is 4.98 Å². The Morgan fingerprint density at radius 3 is 2.86 bits per heavy atom. The molecule has 0 radical (unpaired) electrons. The molecule has 0 saturated heterocycles. The van der Waals surface area contributed by atoms with E-state index < -0.39 is 0 Å². The molecule has 2 aromatic heterocycles. The van der Waals surface area contributed by atoms with Crippen LogP contribution in [-0.4, -0.2) is 35.2 Å². The minimum absolute atomic E-state index is 0.378. The normalized spacial score (nSPS) is 10.4. The molecule has 0 unspecified atom stereocenters. The first kappa shape index (κ1) is 15.2. The fraction of sp³-hybridized carbons (Fsp3) is 0.400. The molecule has 112 valence electrons. The van der Waals surface area contributed by atoms with Crippen LogP contribution in [-0.2, 0) is 17.8 Å². The highest BCUT2D eigenvalue weighted by atomic mass is 16.5. The summed E-state index contributed by atoms with van der Waals surface area (Å²) >= 11 is 0. The van der Waals surface area contributed by atoms with Crippen molar-refractivity contribution in [1.82, 2.24) is 15.0 Å². The van der Waals surface area contributed by atoms with Crippen LogP contribution in [0.25, 0.3) is 0 Å². The van der Waals surface area contributed by atoms with Gasteiger partial charge in [-0.05, 0) is 19.1 Å². The van der Waals surface area contributed by atoms with E-state index >= 15 is 0 Å². The van der Waals surface area contributed by atoms with E-state index in [1.165, 1.54) is 0 Å². The molecule has 2 rings (SSSR count). The van der Waals surface area contributed by atoms with Crippen molar-refractivity contribution in [3.05, 3.63) is 42.0 Å². The van der Waals surface area contributed by atoms with E-state index in [0.29, 0.717) is 37.3 Å². The monoisotopic (exact) mass is 288 g/mol. The van der Waals surface area contributed by atoms with E-state index in [1.54, 1.807) is 12.3 Å². The van der Waals surface area contributed by atoms with E-state index in [2.05, 4.69) is 20.3 Å². The number of nitrogens with one attached hydrogen (secondary N) is 1. The van der Waals surface area contributed by atoms with Crippen molar-refractivity contribution < 1.29 is 9.47 Å². The number of hydrogen-bond donors (Lipinski definition) is 1. The third-order valence-electron chi connectivity index (χ3n) is 2.77. The molecule has 0 atom stereocenters. The molecule has 0 aliphatic carbocycles. The highest BCUT2D eigenvalue weighted by molar-refractivity contribution is 5.37. The standard InChI is InChI=1S/C15H20N4O2/c1-3-20-11-14-18-13(16-2)10-15(19-14)21-9-7-12-6-4-5-8-17-12/h4-6,8,10H,3,7,9,11H2,1-2H3,(H,16,18,19). The Morgan fingerprint density at radius 1 is 1.24 bits per heavy atom. The number of anilines is 1. The van der Waals surface area contributed by atoms with E-state index in [-0.39, 0.29) is 0 Å². The summed E-state index contributed by atoms with van der Waals surface area (Å²) < 4.78 is 11.0. The van der Waals surface area contributed by atoms with Gasteiger partial charge in [0.15, 0.2) is 5.82 Å². The fourth-order valence-corrected chi connectivity index (χ4v) is 1.74. The zero-order valence-corrected chi connectivity index (χ0v) is 12.4. The van der Waals surface area contributed by atoms with Crippen LogP contribution in [0.1, 0.15) is 18.4 Å². The summed E-state index contributed by atoms with van der Waals surface area (Å²) in [5, 5.41) is 2.99. The molecule has 2 aromatic rings.